The largest absolute Gasteiger partial charge is 0.315 e. The monoisotopic (exact) mass is 196 g/mol. The summed E-state index contributed by atoms with van der Waals surface area (Å²) < 4.78 is 0. The average molecular weight is 196 g/mol. The van der Waals surface area contributed by atoms with Crippen molar-refractivity contribution in [2.24, 2.45) is 11.8 Å². The van der Waals surface area contributed by atoms with Crippen LogP contribution in [0.15, 0.2) is 0 Å². The first-order chi connectivity index (χ1) is 6.81. The summed E-state index contributed by atoms with van der Waals surface area (Å²) in [6.07, 6.45) is 4.24. The van der Waals surface area contributed by atoms with E-state index >= 15 is 0 Å². The highest BCUT2D eigenvalue weighted by Gasteiger charge is 2.33. The lowest BCUT2D eigenvalue weighted by Gasteiger charge is -2.26. The van der Waals surface area contributed by atoms with E-state index in [1.165, 1.54) is 45.4 Å². The van der Waals surface area contributed by atoms with Gasteiger partial charge in [-0.2, -0.15) is 0 Å². The van der Waals surface area contributed by atoms with Crippen molar-refractivity contribution in [3.8, 4) is 0 Å². The van der Waals surface area contributed by atoms with Crippen LogP contribution < -0.4 is 5.32 Å². The zero-order valence-corrected chi connectivity index (χ0v) is 9.63. The van der Waals surface area contributed by atoms with Gasteiger partial charge < -0.3 is 5.32 Å². The van der Waals surface area contributed by atoms with Gasteiger partial charge >= 0.3 is 0 Å². The predicted octanol–water partition coefficient (Wildman–Crippen LogP) is 1.72. The predicted molar refractivity (Wildman–Crippen MR) is 60.4 cm³/mol. The van der Waals surface area contributed by atoms with Crippen LogP contribution in [0.4, 0.5) is 0 Å². The zero-order chi connectivity index (χ0) is 9.97. The molecule has 0 aromatic carbocycles. The molecule has 3 atom stereocenters. The van der Waals surface area contributed by atoms with Gasteiger partial charge in [-0.3, -0.25) is 4.90 Å². The van der Waals surface area contributed by atoms with Gasteiger partial charge in [-0.1, -0.05) is 20.3 Å². The van der Waals surface area contributed by atoms with Crippen LogP contribution in [0.2, 0.25) is 0 Å². The Kier molecular flexibility index (Phi) is 3.45. The van der Waals surface area contributed by atoms with Crippen LogP contribution in [-0.4, -0.2) is 37.1 Å². The summed E-state index contributed by atoms with van der Waals surface area (Å²) in [4.78, 5) is 2.73. The van der Waals surface area contributed by atoms with Crippen LogP contribution in [0.3, 0.4) is 0 Å². The normalized spacial score (nSPS) is 39.4. The molecule has 2 rings (SSSR count). The molecule has 0 amide bonds. The smallest absolute Gasteiger partial charge is 0.0258 e. The molecule has 0 saturated carbocycles. The molecule has 3 unspecified atom stereocenters. The summed E-state index contributed by atoms with van der Waals surface area (Å²) in [6, 6.07) is 0.830. The van der Waals surface area contributed by atoms with E-state index in [2.05, 4.69) is 24.1 Å². The van der Waals surface area contributed by atoms with Crippen molar-refractivity contribution in [2.75, 3.05) is 26.2 Å². The van der Waals surface area contributed by atoms with E-state index in [0.717, 1.165) is 17.9 Å². The second kappa shape index (κ2) is 4.63. The van der Waals surface area contributed by atoms with Crippen molar-refractivity contribution in [3.05, 3.63) is 0 Å². The Balaban J connectivity index is 1.82. The average Bonchev–Trinajstić information content (AvgIpc) is 2.74. The van der Waals surface area contributed by atoms with Crippen molar-refractivity contribution >= 4 is 0 Å². The highest BCUT2D eigenvalue weighted by atomic mass is 15.2. The summed E-state index contributed by atoms with van der Waals surface area (Å²) in [5.74, 6) is 1.85. The summed E-state index contributed by atoms with van der Waals surface area (Å²) in [6.45, 7) is 9.85. The number of rotatable bonds is 3. The maximum atomic E-state index is 3.50. The van der Waals surface area contributed by atoms with Crippen LogP contribution in [0.25, 0.3) is 0 Å². The molecule has 2 aliphatic rings. The lowest BCUT2D eigenvalue weighted by molar-refractivity contribution is 0.211. The Labute approximate surface area is 88.1 Å². The molecule has 0 aliphatic carbocycles. The first kappa shape index (κ1) is 10.4. The molecule has 0 spiro atoms. The van der Waals surface area contributed by atoms with E-state index in [4.69, 9.17) is 0 Å². The second-order valence-corrected chi connectivity index (χ2v) is 5.14. The lowest BCUT2D eigenvalue weighted by atomic mass is 10.0. The minimum absolute atomic E-state index is 0.830. The number of nitrogens with one attached hydrogen (secondary N) is 1. The SMILES string of the molecule is CCCC1CCN(C2CNCC2C)C1. The van der Waals surface area contributed by atoms with Gasteiger partial charge in [-0.05, 0) is 37.8 Å². The van der Waals surface area contributed by atoms with Crippen molar-refractivity contribution in [1.29, 1.82) is 0 Å². The van der Waals surface area contributed by atoms with E-state index in [1.807, 2.05) is 0 Å². The van der Waals surface area contributed by atoms with Gasteiger partial charge in [0.2, 0.25) is 0 Å². The number of nitrogens with zero attached hydrogens (tertiary/aromatic N) is 1. The van der Waals surface area contributed by atoms with Gasteiger partial charge in [0.1, 0.15) is 0 Å². The van der Waals surface area contributed by atoms with E-state index in [-0.39, 0.29) is 0 Å². The van der Waals surface area contributed by atoms with Gasteiger partial charge in [0.25, 0.3) is 0 Å². The van der Waals surface area contributed by atoms with Crippen LogP contribution >= 0.6 is 0 Å². The lowest BCUT2D eigenvalue weighted by Crippen LogP contribution is -2.38. The quantitative estimate of drug-likeness (QED) is 0.739. The maximum absolute atomic E-state index is 3.50. The van der Waals surface area contributed by atoms with Gasteiger partial charge in [0.15, 0.2) is 0 Å². The first-order valence-electron chi connectivity index (χ1n) is 6.26. The summed E-state index contributed by atoms with van der Waals surface area (Å²) >= 11 is 0. The van der Waals surface area contributed by atoms with E-state index in [1.54, 1.807) is 0 Å². The third kappa shape index (κ3) is 2.12. The third-order valence-corrected chi connectivity index (χ3v) is 3.96. The first-order valence-corrected chi connectivity index (χ1v) is 6.26. The molecule has 2 saturated heterocycles. The topological polar surface area (TPSA) is 15.3 Å². The van der Waals surface area contributed by atoms with Crippen LogP contribution in [0, 0.1) is 11.8 Å². The summed E-state index contributed by atoms with van der Waals surface area (Å²) in [5.41, 5.74) is 0. The highest BCUT2D eigenvalue weighted by Crippen LogP contribution is 2.26. The van der Waals surface area contributed by atoms with Crippen LogP contribution in [0.1, 0.15) is 33.1 Å². The van der Waals surface area contributed by atoms with Crippen molar-refractivity contribution in [1.82, 2.24) is 10.2 Å². The summed E-state index contributed by atoms with van der Waals surface area (Å²) in [7, 11) is 0. The number of likely N-dealkylation sites (tertiary alicyclic amines) is 1. The molecule has 2 fully saturated rings. The fourth-order valence-electron chi connectivity index (χ4n) is 3.09. The van der Waals surface area contributed by atoms with Crippen molar-refractivity contribution < 1.29 is 0 Å². The molecule has 0 aromatic heterocycles. The zero-order valence-electron chi connectivity index (χ0n) is 9.63. The molecule has 14 heavy (non-hydrogen) atoms. The second-order valence-electron chi connectivity index (χ2n) is 5.14. The van der Waals surface area contributed by atoms with E-state index < -0.39 is 0 Å². The standard InChI is InChI=1S/C12H24N2/c1-3-4-11-5-6-14(9-11)12-8-13-7-10(12)2/h10-13H,3-9H2,1-2H3. The Morgan fingerprint density at radius 1 is 1.36 bits per heavy atom. The third-order valence-electron chi connectivity index (χ3n) is 3.96. The molecule has 0 bridgehead atoms. The molecule has 2 heteroatoms. The Morgan fingerprint density at radius 2 is 2.21 bits per heavy atom. The van der Waals surface area contributed by atoms with Gasteiger partial charge in [0.05, 0.1) is 0 Å². The Bertz CT molecular complexity index is 181. The van der Waals surface area contributed by atoms with Crippen molar-refractivity contribution in [3.63, 3.8) is 0 Å². The molecular formula is C12H24N2. The summed E-state index contributed by atoms with van der Waals surface area (Å²) in [5, 5.41) is 3.50. The Morgan fingerprint density at radius 3 is 2.86 bits per heavy atom. The molecule has 0 radical (unpaired) electrons. The molecule has 82 valence electrons. The van der Waals surface area contributed by atoms with E-state index in [0.29, 0.717) is 0 Å². The minimum atomic E-state index is 0.830. The molecule has 1 N–H and O–H groups in total. The van der Waals surface area contributed by atoms with Crippen LogP contribution in [0.5, 0.6) is 0 Å². The van der Waals surface area contributed by atoms with Crippen molar-refractivity contribution in [2.45, 2.75) is 39.2 Å². The fourth-order valence-corrected chi connectivity index (χ4v) is 3.09. The number of hydrogen-bond acceptors (Lipinski definition) is 2. The highest BCUT2D eigenvalue weighted by molar-refractivity contribution is 4.90. The van der Waals surface area contributed by atoms with Crippen LogP contribution in [-0.2, 0) is 0 Å². The molecule has 2 aliphatic heterocycles. The molecule has 2 heterocycles. The molecule has 2 nitrogen and oxygen atoms in total. The number of hydrogen-bond donors (Lipinski definition) is 1. The molecule has 0 aromatic rings. The maximum Gasteiger partial charge on any atom is 0.0258 e. The molecular weight excluding hydrogens is 172 g/mol. The minimum Gasteiger partial charge on any atom is -0.315 e. The van der Waals surface area contributed by atoms with Gasteiger partial charge in [-0.25, -0.2) is 0 Å². The van der Waals surface area contributed by atoms with E-state index in [9.17, 15) is 0 Å². The van der Waals surface area contributed by atoms with Gasteiger partial charge in [0, 0.05) is 19.1 Å². The Hall–Kier alpha value is -0.0800. The van der Waals surface area contributed by atoms with Gasteiger partial charge in [-0.15, -0.1) is 0 Å². The fraction of sp³-hybridized carbons (Fsp3) is 1.00.